The van der Waals surface area contributed by atoms with Gasteiger partial charge in [0.05, 0.1) is 19.2 Å². The van der Waals surface area contributed by atoms with E-state index in [9.17, 15) is 9.59 Å². The van der Waals surface area contributed by atoms with Crippen molar-refractivity contribution in [2.45, 2.75) is 32.4 Å². The molecule has 0 aliphatic carbocycles. The highest BCUT2D eigenvalue weighted by atomic mass is 16.5. The molecule has 2 rings (SSSR count). The molecule has 2 amide bonds. The van der Waals surface area contributed by atoms with Crippen LogP contribution in [-0.2, 0) is 16.1 Å². The second kappa shape index (κ2) is 8.68. The van der Waals surface area contributed by atoms with Gasteiger partial charge in [0.1, 0.15) is 5.75 Å². The summed E-state index contributed by atoms with van der Waals surface area (Å²) in [6.45, 7) is 4.06. The Hall–Kier alpha value is -2.08. The predicted octanol–water partition coefficient (Wildman–Crippen LogP) is 1.25. The Morgan fingerprint density at radius 2 is 2.17 bits per heavy atom. The van der Waals surface area contributed by atoms with E-state index < -0.39 is 0 Å². The number of benzene rings is 1. The van der Waals surface area contributed by atoms with E-state index in [4.69, 9.17) is 4.74 Å². The van der Waals surface area contributed by atoms with Crippen LogP contribution in [-0.4, -0.2) is 61.4 Å². The number of likely N-dealkylation sites (tertiary alicyclic amines) is 1. The number of amides is 2. The van der Waals surface area contributed by atoms with Gasteiger partial charge in [0, 0.05) is 20.6 Å². The second-order valence-corrected chi connectivity index (χ2v) is 6.22. The lowest BCUT2D eigenvalue weighted by Crippen LogP contribution is -2.46. The van der Waals surface area contributed by atoms with Gasteiger partial charge in [-0.1, -0.05) is 12.1 Å². The van der Waals surface area contributed by atoms with Gasteiger partial charge in [0.15, 0.2) is 0 Å². The molecular weight excluding hydrogens is 306 g/mol. The molecule has 1 saturated heterocycles. The lowest BCUT2D eigenvalue weighted by molar-refractivity contribution is -0.134. The molecule has 1 aromatic rings. The van der Waals surface area contributed by atoms with Crippen LogP contribution in [0.2, 0.25) is 0 Å². The summed E-state index contributed by atoms with van der Waals surface area (Å²) in [7, 11) is 3.51. The zero-order valence-electron chi connectivity index (χ0n) is 14.7. The molecule has 1 aliphatic rings. The van der Waals surface area contributed by atoms with Crippen molar-refractivity contribution < 1.29 is 14.3 Å². The lowest BCUT2D eigenvalue weighted by atomic mass is 10.2. The molecule has 0 aromatic heterocycles. The fourth-order valence-corrected chi connectivity index (χ4v) is 2.95. The Labute approximate surface area is 143 Å². The zero-order chi connectivity index (χ0) is 17.5. The summed E-state index contributed by atoms with van der Waals surface area (Å²) in [6.07, 6.45) is 1.77. The maximum atomic E-state index is 12.2. The van der Waals surface area contributed by atoms with Crippen molar-refractivity contribution in [1.29, 1.82) is 0 Å². The molecule has 1 heterocycles. The molecule has 1 aromatic carbocycles. The van der Waals surface area contributed by atoms with Crippen molar-refractivity contribution in [2.24, 2.45) is 0 Å². The molecule has 0 radical (unpaired) electrons. The third-order valence-electron chi connectivity index (χ3n) is 4.14. The van der Waals surface area contributed by atoms with Crippen molar-refractivity contribution in [1.82, 2.24) is 15.1 Å². The van der Waals surface area contributed by atoms with Crippen LogP contribution in [0.25, 0.3) is 0 Å². The number of likely N-dealkylation sites (N-methyl/N-ethyl adjacent to an activating group) is 1. The van der Waals surface area contributed by atoms with Crippen LogP contribution in [0, 0.1) is 0 Å². The van der Waals surface area contributed by atoms with Crippen LogP contribution in [0.4, 0.5) is 0 Å². The standard InChI is InChI=1S/C18H27N3O3/c1-4-24-15-8-5-7-14(11-15)12-19-17(22)13-21-10-6-9-16(21)18(23)20(2)3/h5,7-8,11,16H,4,6,9-10,12-13H2,1-3H3,(H,19,22). The topological polar surface area (TPSA) is 61.9 Å². The molecule has 0 spiro atoms. The van der Waals surface area contributed by atoms with Gasteiger partial charge in [-0.25, -0.2) is 0 Å². The Kier molecular flexibility index (Phi) is 6.61. The minimum absolute atomic E-state index is 0.0599. The van der Waals surface area contributed by atoms with Gasteiger partial charge in [-0.05, 0) is 44.0 Å². The van der Waals surface area contributed by atoms with Gasteiger partial charge in [0.2, 0.25) is 11.8 Å². The average molecular weight is 333 g/mol. The molecule has 1 unspecified atom stereocenters. The first kappa shape index (κ1) is 18.3. The SMILES string of the molecule is CCOc1cccc(CNC(=O)CN2CCCC2C(=O)N(C)C)c1. The smallest absolute Gasteiger partial charge is 0.239 e. The van der Waals surface area contributed by atoms with Gasteiger partial charge in [-0.2, -0.15) is 0 Å². The molecule has 6 nitrogen and oxygen atoms in total. The maximum Gasteiger partial charge on any atom is 0.239 e. The van der Waals surface area contributed by atoms with Crippen LogP contribution >= 0.6 is 0 Å². The fraction of sp³-hybridized carbons (Fsp3) is 0.556. The Morgan fingerprint density at radius 3 is 2.88 bits per heavy atom. The molecule has 1 N–H and O–H groups in total. The molecule has 132 valence electrons. The van der Waals surface area contributed by atoms with Gasteiger partial charge >= 0.3 is 0 Å². The van der Waals surface area contributed by atoms with E-state index in [1.165, 1.54) is 0 Å². The Morgan fingerprint density at radius 1 is 1.38 bits per heavy atom. The Balaban J connectivity index is 1.84. The van der Waals surface area contributed by atoms with Gasteiger partial charge in [-0.3, -0.25) is 14.5 Å². The van der Waals surface area contributed by atoms with Crippen LogP contribution in [0.3, 0.4) is 0 Å². The number of carbonyl (C=O) groups excluding carboxylic acids is 2. The van der Waals surface area contributed by atoms with E-state index in [1.807, 2.05) is 36.1 Å². The highest BCUT2D eigenvalue weighted by Crippen LogP contribution is 2.18. The van der Waals surface area contributed by atoms with Crippen LogP contribution in [0.1, 0.15) is 25.3 Å². The van der Waals surface area contributed by atoms with E-state index in [0.29, 0.717) is 13.2 Å². The van der Waals surface area contributed by atoms with Crippen molar-refractivity contribution in [3.05, 3.63) is 29.8 Å². The normalized spacial score (nSPS) is 17.5. The second-order valence-electron chi connectivity index (χ2n) is 6.22. The summed E-state index contributed by atoms with van der Waals surface area (Å²) in [5.74, 6) is 0.820. The Bertz CT molecular complexity index is 574. The van der Waals surface area contributed by atoms with Gasteiger partial charge in [-0.15, -0.1) is 0 Å². The molecule has 1 fully saturated rings. The van der Waals surface area contributed by atoms with E-state index in [0.717, 1.165) is 30.7 Å². The van der Waals surface area contributed by atoms with Gasteiger partial charge in [0.25, 0.3) is 0 Å². The van der Waals surface area contributed by atoms with E-state index in [1.54, 1.807) is 19.0 Å². The third-order valence-corrected chi connectivity index (χ3v) is 4.14. The average Bonchev–Trinajstić information content (AvgIpc) is 3.01. The number of ether oxygens (including phenoxy) is 1. The summed E-state index contributed by atoms with van der Waals surface area (Å²) in [5, 5.41) is 2.92. The first-order chi connectivity index (χ1) is 11.5. The number of rotatable bonds is 7. The number of nitrogens with one attached hydrogen (secondary N) is 1. The summed E-state index contributed by atoms with van der Waals surface area (Å²) in [5.41, 5.74) is 0.997. The minimum atomic E-state index is -0.174. The highest BCUT2D eigenvalue weighted by Gasteiger charge is 2.32. The fourth-order valence-electron chi connectivity index (χ4n) is 2.95. The number of carbonyl (C=O) groups is 2. The molecule has 0 bridgehead atoms. The minimum Gasteiger partial charge on any atom is -0.494 e. The summed E-state index contributed by atoms with van der Waals surface area (Å²) < 4.78 is 5.46. The number of hydrogen-bond acceptors (Lipinski definition) is 4. The first-order valence-corrected chi connectivity index (χ1v) is 8.45. The molecular formula is C18H27N3O3. The lowest BCUT2D eigenvalue weighted by Gasteiger charge is -2.25. The van der Waals surface area contributed by atoms with Crippen molar-refractivity contribution in [3.63, 3.8) is 0 Å². The monoisotopic (exact) mass is 333 g/mol. The third kappa shape index (κ3) is 4.96. The van der Waals surface area contributed by atoms with Crippen LogP contribution < -0.4 is 10.1 Å². The number of nitrogens with zero attached hydrogens (tertiary/aromatic N) is 2. The predicted molar refractivity (Wildman–Crippen MR) is 92.7 cm³/mol. The van der Waals surface area contributed by atoms with Crippen LogP contribution in [0.15, 0.2) is 24.3 Å². The maximum absolute atomic E-state index is 12.2. The van der Waals surface area contributed by atoms with Crippen molar-refractivity contribution >= 4 is 11.8 Å². The zero-order valence-corrected chi connectivity index (χ0v) is 14.7. The molecule has 6 heteroatoms. The van der Waals surface area contributed by atoms with Crippen molar-refractivity contribution in [3.8, 4) is 5.75 Å². The largest absolute Gasteiger partial charge is 0.494 e. The molecule has 1 atom stereocenters. The molecule has 24 heavy (non-hydrogen) atoms. The summed E-state index contributed by atoms with van der Waals surface area (Å²) in [4.78, 5) is 27.9. The van der Waals surface area contributed by atoms with Crippen LogP contribution in [0.5, 0.6) is 5.75 Å². The number of hydrogen-bond donors (Lipinski definition) is 1. The quantitative estimate of drug-likeness (QED) is 0.816. The molecule has 0 saturated carbocycles. The summed E-state index contributed by atoms with van der Waals surface area (Å²) in [6, 6.07) is 7.52. The molecule has 1 aliphatic heterocycles. The first-order valence-electron chi connectivity index (χ1n) is 8.45. The van der Waals surface area contributed by atoms with E-state index in [-0.39, 0.29) is 24.4 Å². The highest BCUT2D eigenvalue weighted by molar-refractivity contribution is 5.83. The van der Waals surface area contributed by atoms with Crippen molar-refractivity contribution in [2.75, 3.05) is 33.8 Å². The van der Waals surface area contributed by atoms with E-state index >= 15 is 0 Å². The van der Waals surface area contributed by atoms with E-state index in [2.05, 4.69) is 5.32 Å². The summed E-state index contributed by atoms with van der Waals surface area (Å²) >= 11 is 0. The van der Waals surface area contributed by atoms with Gasteiger partial charge < -0.3 is 15.0 Å².